The fourth-order valence-electron chi connectivity index (χ4n) is 2.00. The summed E-state index contributed by atoms with van der Waals surface area (Å²) in [5.74, 6) is -7.93. The lowest BCUT2D eigenvalue weighted by Crippen LogP contribution is -2.40. The first kappa shape index (κ1) is 20.9. The van der Waals surface area contributed by atoms with Crippen LogP contribution in [0.4, 0.5) is 23.2 Å². The molecular weight excluding hydrogens is 384 g/mol. The Morgan fingerprint density at radius 1 is 0.964 bits per heavy atom. The average Bonchev–Trinajstić information content (AvgIpc) is 2.67. The van der Waals surface area contributed by atoms with Gasteiger partial charge in [0.15, 0.2) is 23.6 Å². The molecule has 6 nitrogen and oxygen atoms in total. The molecule has 0 saturated carbocycles. The molecule has 0 aliphatic rings. The number of halogens is 4. The molecule has 148 valence electrons. The number of hydrogen-bond acceptors (Lipinski definition) is 4. The molecule has 0 aliphatic heterocycles. The van der Waals surface area contributed by atoms with Gasteiger partial charge in [0.05, 0.1) is 17.8 Å². The Kier molecular flexibility index (Phi) is 6.69. The maximum atomic E-state index is 13.5. The molecule has 28 heavy (non-hydrogen) atoms. The lowest BCUT2D eigenvalue weighted by Gasteiger charge is -2.14. The van der Waals surface area contributed by atoms with Crippen LogP contribution in [0.3, 0.4) is 0 Å². The predicted octanol–water partition coefficient (Wildman–Crippen LogP) is 2.54. The van der Waals surface area contributed by atoms with Gasteiger partial charge in [-0.05, 0) is 43.3 Å². The average molecular weight is 398 g/mol. The van der Waals surface area contributed by atoms with E-state index in [1.165, 1.54) is 19.1 Å². The molecule has 10 heteroatoms. The number of anilines is 1. The van der Waals surface area contributed by atoms with Crippen LogP contribution >= 0.6 is 0 Å². The highest BCUT2D eigenvalue weighted by Gasteiger charge is 2.20. The molecule has 2 N–H and O–H groups in total. The standard InChI is InChI=1S/C18H14F4N2O4/c1-9(28-18(27)10-2-4-11(19)5-3-10)17(26)23-8-14(25)24-13-7-6-12(20)15(21)16(13)22/h2-7,9H,8H2,1H3,(H,23,26)(H,24,25). The highest BCUT2D eigenvalue weighted by atomic mass is 19.2. The molecule has 0 radical (unpaired) electrons. The van der Waals surface area contributed by atoms with Gasteiger partial charge in [-0.1, -0.05) is 0 Å². The van der Waals surface area contributed by atoms with E-state index in [9.17, 15) is 31.9 Å². The van der Waals surface area contributed by atoms with Crippen molar-refractivity contribution in [2.45, 2.75) is 13.0 Å². The van der Waals surface area contributed by atoms with Gasteiger partial charge in [0.1, 0.15) is 5.82 Å². The number of hydrogen-bond donors (Lipinski definition) is 2. The summed E-state index contributed by atoms with van der Waals surface area (Å²) in [7, 11) is 0. The molecule has 2 aromatic carbocycles. The van der Waals surface area contributed by atoms with Gasteiger partial charge in [-0.3, -0.25) is 9.59 Å². The second-order valence-electron chi connectivity index (χ2n) is 5.54. The quantitative estimate of drug-likeness (QED) is 0.445. The van der Waals surface area contributed by atoms with Crippen molar-refractivity contribution in [3.8, 4) is 0 Å². The molecule has 0 bridgehead atoms. The normalized spacial score (nSPS) is 11.5. The third kappa shape index (κ3) is 5.29. The van der Waals surface area contributed by atoms with Crippen LogP contribution in [0, 0.1) is 23.3 Å². The summed E-state index contributed by atoms with van der Waals surface area (Å²) in [5, 5.41) is 4.10. The van der Waals surface area contributed by atoms with Crippen molar-refractivity contribution in [2.75, 3.05) is 11.9 Å². The predicted molar refractivity (Wildman–Crippen MR) is 89.2 cm³/mol. The highest BCUT2D eigenvalue weighted by molar-refractivity contribution is 5.96. The lowest BCUT2D eigenvalue weighted by molar-refractivity contribution is -0.130. The molecule has 0 aliphatic carbocycles. The highest BCUT2D eigenvalue weighted by Crippen LogP contribution is 2.19. The second-order valence-corrected chi connectivity index (χ2v) is 5.54. The van der Waals surface area contributed by atoms with Gasteiger partial charge in [-0.2, -0.15) is 0 Å². The van der Waals surface area contributed by atoms with E-state index >= 15 is 0 Å². The van der Waals surface area contributed by atoms with Crippen molar-refractivity contribution < 1.29 is 36.7 Å². The molecule has 0 heterocycles. The summed E-state index contributed by atoms with van der Waals surface area (Å²) in [6.07, 6.45) is -1.29. The Labute approximate surface area is 156 Å². The van der Waals surface area contributed by atoms with Crippen molar-refractivity contribution in [3.63, 3.8) is 0 Å². The Morgan fingerprint density at radius 2 is 1.61 bits per heavy atom. The van der Waals surface area contributed by atoms with Crippen LogP contribution in [0.15, 0.2) is 36.4 Å². The van der Waals surface area contributed by atoms with E-state index < -0.39 is 59.4 Å². The minimum atomic E-state index is -1.75. The first-order valence-corrected chi connectivity index (χ1v) is 7.86. The minimum absolute atomic E-state index is 0.0209. The van der Waals surface area contributed by atoms with Crippen LogP contribution < -0.4 is 10.6 Å². The zero-order chi connectivity index (χ0) is 20.8. The Bertz CT molecular complexity index is 903. The summed E-state index contributed by atoms with van der Waals surface area (Å²) in [6.45, 7) is 0.597. The number of amides is 2. The number of esters is 1. The summed E-state index contributed by atoms with van der Waals surface area (Å²) in [4.78, 5) is 35.4. The molecule has 1 atom stereocenters. The van der Waals surface area contributed by atoms with Gasteiger partial charge in [0.25, 0.3) is 5.91 Å². The van der Waals surface area contributed by atoms with Crippen molar-refractivity contribution in [3.05, 3.63) is 65.2 Å². The molecule has 0 fully saturated rings. The first-order chi connectivity index (χ1) is 13.2. The summed E-state index contributed by atoms with van der Waals surface area (Å²) in [6, 6.07) is 5.88. The van der Waals surface area contributed by atoms with Gasteiger partial charge in [0.2, 0.25) is 5.91 Å². The Morgan fingerprint density at radius 3 is 2.25 bits per heavy atom. The van der Waals surface area contributed by atoms with Gasteiger partial charge >= 0.3 is 5.97 Å². The van der Waals surface area contributed by atoms with Gasteiger partial charge in [0, 0.05) is 0 Å². The van der Waals surface area contributed by atoms with E-state index in [4.69, 9.17) is 4.74 Å². The topological polar surface area (TPSA) is 84.5 Å². The number of benzene rings is 2. The zero-order valence-electron chi connectivity index (χ0n) is 14.4. The van der Waals surface area contributed by atoms with E-state index in [2.05, 4.69) is 5.32 Å². The maximum Gasteiger partial charge on any atom is 0.338 e. The fraction of sp³-hybridized carbons (Fsp3) is 0.167. The molecule has 2 amide bonds. The maximum absolute atomic E-state index is 13.5. The fourth-order valence-corrected chi connectivity index (χ4v) is 2.00. The van der Waals surface area contributed by atoms with Crippen molar-refractivity contribution in [1.82, 2.24) is 5.32 Å². The Hall–Kier alpha value is -3.43. The van der Waals surface area contributed by atoms with Crippen LogP contribution in [0.5, 0.6) is 0 Å². The van der Waals surface area contributed by atoms with E-state index in [1.54, 1.807) is 0 Å². The van der Waals surface area contributed by atoms with Crippen LogP contribution in [0.2, 0.25) is 0 Å². The largest absolute Gasteiger partial charge is 0.449 e. The zero-order valence-corrected chi connectivity index (χ0v) is 14.4. The summed E-state index contributed by atoms with van der Waals surface area (Å²) < 4.78 is 57.1. The third-order valence-corrected chi connectivity index (χ3v) is 3.47. The molecule has 2 aromatic rings. The molecule has 0 saturated heterocycles. The van der Waals surface area contributed by atoms with E-state index in [0.717, 1.165) is 18.2 Å². The lowest BCUT2D eigenvalue weighted by atomic mass is 10.2. The molecule has 0 aromatic heterocycles. The van der Waals surface area contributed by atoms with Gasteiger partial charge in [-0.15, -0.1) is 0 Å². The minimum Gasteiger partial charge on any atom is -0.449 e. The number of nitrogens with one attached hydrogen (secondary N) is 2. The van der Waals surface area contributed by atoms with E-state index in [-0.39, 0.29) is 5.56 Å². The van der Waals surface area contributed by atoms with Crippen LogP contribution in [0.25, 0.3) is 0 Å². The van der Waals surface area contributed by atoms with E-state index in [1.807, 2.05) is 5.32 Å². The number of carbonyl (C=O) groups is 3. The molecular formula is C18H14F4N2O4. The van der Waals surface area contributed by atoms with E-state index in [0.29, 0.717) is 6.07 Å². The van der Waals surface area contributed by atoms with Crippen LogP contribution in [-0.4, -0.2) is 30.4 Å². The number of carbonyl (C=O) groups excluding carboxylic acids is 3. The third-order valence-electron chi connectivity index (χ3n) is 3.47. The van der Waals surface area contributed by atoms with Gasteiger partial charge < -0.3 is 15.4 Å². The molecule has 1 unspecified atom stereocenters. The van der Waals surface area contributed by atoms with Crippen molar-refractivity contribution >= 4 is 23.5 Å². The molecule has 2 rings (SSSR count). The second kappa shape index (κ2) is 8.98. The monoisotopic (exact) mass is 398 g/mol. The first-order valence-electron chi connectivity index (χ1n) is 7.86. The Balaban J connectivity index is 1.85. The van der Waals surface area contributed by atoms with Crippen molar-refractivity contribution in [1.29, 1.82) is 0 Å². The summed E-state index contributed by atoms with van der Waals surface area (Å²) >= 11 is 0. The molecule has 0 spiro atoms. The van der Waals surface area contributed by atoms with Crippen LogP contribution in [-0.2, 0) is 14.3 Å². The smallest absolute Gasteiger partial charge is 0.338 e. The van der Waals surface area contributed by atoms with Gasteiger partial charge in [-0.25, -0.2) is 22.4 Å². The number of ether oxygens (including phenoxy) is 1. The van der Waals surface area contributed by atoms with Crippen molar-refractivity contribution in [2.24, 2.45) is 0 Å². The number of rotatable bonds is 6. The summed E-state index contributed by atoms with van der Waals surface area (Å²) in [5.41, 5.74) is -0.582. The SMILES string of the molecule is CC(OC(=O)c1ccc(F)cc1)C(=O)NCC(=O)Nc1ccc(F)c(F)c1F. The van der Waals surface area contributed by atoms with Crippen LogP contribution in [0.1, 0.15) is 17.3 Å².